The zero-order valence-corrected chi connectivity index (χ0v) is 36.0. The maximum atomic E-state index is 2.54. The SMILES string of the molecule is c1ccc(-n2c3ccccc3c3cc(-n4c5cccc(-n6c7ccccc7c7ccccc76)c5c5c([Si](c6ccccc6)(c6ccccc6)c6ccccc6)cccc54)ccc32)cc1. The Balaban J connectivity index is 1.22. The number of nitrogens with zero attached hydrogens (tertiary/aromatic N) is 3. The molecule has 0 N–H and O–H groups in total. The van der Waals surface area contributed by atoms with Crippen LogP contribution >= 0.6 is 0 Å². The van der Waals surface area contributed by atoms with Crippen molar-refractivity contribution in [3.63, 3.8) is 0 Å². The quantitative estimate of drug-likeness (QED) is 0.112. The number of hydrogen-bond acceptors (Lipinski definition) is 0. The molecule has 3 heterocycles. The molecular formula is C60H41N3Si. The highest BCUT2D eigenvalue weighted by atomic mass is 28.3. The van der Waals surface area contributed by atoms with Crippen LogP contribution in [0.3, 0.4) is 0 Å². The van der Waals surface area contributed by atoms with Gasteiger partial charge in [-0.25, -0.2) is 0 Å². The molecule has 0 unspecified atom stereocenters. The van der Waals surface area contributed by atoms with Crippen molar-refractivity contribution in [3.05, 3.63) is 249 Å². The molecule has 0 atom stereocenters. The third kappa shape index (κ3) is 5.21. The molecule has 0 amide bonds. The van der Waals surface area contributed by atoms with Crippen molar-refractivity contribution in [2.45, 2.75) is 0 Å². The lowest BCUT2D eigenvalue weighted by Gasteiger charge is -2.35. The first kappa shape index (κ1) is 36.5. The molecule has 10 aromatic carbocycles. The van der Waals surface area contributed by atoms with Gasteiger partial charge in [-0.05, 0) is 87.5 Å². The Kier molecular flexibility index (Phi) is 8.23. The molecule has 4 heteroatoms. The predicted octanol–water partition coefficient (Wildman–Crippen LogP) is 12.4. The molecule has 3 aromatic heterocycles. The molecule has 13 rings (SSSR count). The molecule has 0 fully saturated rings. The molecule has 0 saturated heterocycles. The standard InChI is InChI=1S/C60H41N3Si/c1-5-21-42(22-6-1)61-51-32-16-15-31-49(51)50-41-43(39-40-54(50)61)62-55-35-19-36-56(63-52-33-17-13-29-47(52)48-30-14-18-34-53(48)63)59(55)60-57(62)37-20-38-58(60)64(44-23-7-2-8-24-44,45-25-9-3-10-26-45)46-27-11-4-12-28-46/h1-41H. The van der Waals surface area contributed by atoms with Gasteiger partial charge in [-0.1, -0.05) is 182 Å². The maximum absolute atomic E-state index is 3.02. The number of aromatic nitrogens is 3. The summed E-state index contributed by atoms with van der Waals surface area (Å²) in [7, 11) is -3.02. The third-order valence-electron chi connectivity index (χ3n) is 13.6. The van der Waals surface area contributed by atoms with Gasteiger partial charge in [-0.15, -0.1) is 0 Å². The number of hydrogen-bond donors (Lipinski definition) is 0. The van der Waals surface area contributed by atoms with Crippen LogP contribution < -0.4 is 20.7 Å². The van der Waals surface area contributed by atoms with Gasteiger partial charge in [0.05, 0.1) is 38.8 Å². The van der Waals surface area contributed by atoms with Crippen molar-refractivity contribution in [3.8, 4) is 17.1 Å². The Hall–Kier alpha value is -8.18. The topological polar surface area (TPSA) is 14.8 Å². The summed E-state index contributed by atoms with van der Waals surface area (Å²) in [6, 6.07) is 92.4. The van der Waals surface area contributed by atoms with E-state index in [1.165, 1.54) is 91.9 Å². The zero-order chi connectivity index (χ0) is 42.2. The molecule has 13 aromatic rings. The van der Waals surface area contributed by atoms with Crippen LogP contribution in [0.5, 0.6) is 0 Å². The monoisotopic (exact) mass is 831 g/mol. The summed E-state index contributed by atoms with van der Waals surface area (Å²) in [6.07, 6.45) is 0. The zero-order valence-electron chi connectivity index (χ0n) is 35.0. The first-order valence-electron chi connectivity index (χ1n) is 22.1. The number of benzene rings is 10. The lowest BCUT2D eigenvalue weighted by atomic mass is 10.1. The molecule has 3 nitrogen and oxygen atoms in total. The molecule has 0 aliphatic carbocycles. The fourth-order valence-corrected chi connectivity index (χ4v) is 16.0. The lowest BCUT2D eigenvalue weighted by Crippen LogP contribution is -2.74. The van der Waals surface area contributed by atoms with Crippen LogP contribution in [0.1, 0.15) is 0 Å². The first-order valence-corrected chi connectivity index (χ1v) is 24.1. The third-order valence-corrected chi connectivity index (χ3v) is 18.4. The van der Waals surface area contributed by atoms with Crippen LogP contribution in [0, 0.1) is 0 Å². The maximum Gasteiger partial charge on any atom is 0.180 e. The van der Waals surface area contributed by atoms with Gasteiger partial charge < -0.3 is 13.7 Å². The summed E-state index contributed by atoms with van der Waals surface area (Å²) in [5.74, 6) is 0. The summed E-state index contributed by atoms with van der Waals surface area (Å²) in [4.78, 5) is 0. The van der Waals surface area contributed by atoms with Crippen molar-refractivity contribution in [2.24, 2.45) is 0 Å². The summed E-state index contributed by atoms with van der Waals surface area (Å²) >= 11 is 0. The van der Waals surface area contributed by atoms with Crippen molar-refractivity contribution in [2.75, 3.05) is 0 Å². The Morgan fingerprint density at radius 1 is 0.250 bits per heavy atom. The van der Waals surface area contributed by atoms with Gasteiger partial charge in [0.2, 0.25) is 0 Å². The van der Waals surface area contributed by atoms with E-state index in [0.29, 0.717) is 0 Å². The molecule has 0 bridgehead atoms. The first-order chi connectivity index (χ1) is 31.8. The highest BCUT2D eigenvalue weighted by molar-refractivity contribution is 7.20. The Morgan fingerprint density at radius 2 is 0.656 bits per heavy atom. The van der Waals surface area contributed by atoms with Gasteiger partial charge >= 0.3 is 0 Å². The summed E-state index contributed by atoms with van der Waals surface area (Å²) in [5.41, 5.74) is 10.6. The molecule has 0 aliphatic heterocycles. The van der Waals surface area contributed by atoms with Crippen LogP contribution in [-0.2, 0) is 0 Å². The molecule has 0 spiro atoms. The van der Waals surface area contributed by atoms with E-state index in [1.807, 2.05) is 0 Å². The highest BCUT2D eigenvalue weighted by Crippen LogP contribution is 2.41. The molecular weight excluding hydrogens is 791 g/mol. The van der Waals surface area contributed by atoms with Crippen molar-refractivity contribution in [1.29, 1.82) is 0 Å². The van der Waals surface area contributed by atoms with Gasteiger partial charge in [0.1, 0.15) is 0 Å². The fraction of sp³-hybridized carbons (Fsp3) is 0. The second kappa shape index (κ2) is 14.5. The average Bonchev–Trinajstić information content (AvgIpc) is 4.01. The molecule has 64 heavy (non-hydrogen) atoms. The smallest absolute Gasteiger partial charge is 0.180 e. The van der Waals surface area contributed by atoms with Crippen LogP contribution in [0.15, 0.2) is 249 Å². The molecule has 0 aliphatic rings. The second-order valence-electron chi connectivity index (χ2n) is 16.8. The fourth-order valence-electron chi connectivity index (χ4n) is 11.0. The van der Waals surface area contributed by atoms with Crippen molar-refractivity contribution in [1.82, 2.24) is 13.7 Å². The minimum Gasteiger partial charge on any atom is -0.309 e. The Bertz CT molecular complexity index is 3730. The summed E-state index contributed by atoms with van der Waals surface area (Å²) in [5, 5.41) is 12.9. The van der Waals surface area contributed by atoms with E-state index in [0.717, 1.165) is 11.4 Å². The van der Waals surface area contributed by atoms with E-state index in [1.54, 1.807) is 0 Å². The van der Waals surface area contributed by atoms with Gasteiger partial charge in [-0.2, -0.15) is 0 Å². The molecule has 0 radical (unpaired) electrons. The summed E-state index contributed by atoms with van der Waals surface area (Å²) in [6.45, 7) is 0. The summed E-state index contributed by atoms with van der Waals surface area (Å²) < 4.78 is 7.46. The Morgan fingerprint density at radius 3 is 1.22 bits per heavy atom. The van der Waals surface area contributed by atoms with E-state index >= 15 is 0 Å². The van der Waals surface area contributed by atoms with E-state index in [-0.39, 0.29) is 0 Å². The van der Waals surface area contributed by atoms with Gasteiger partial charge in [0, 0.05) is 43.7 Å². The number of rotatable bonds is 7. The average molecular weight is 832 g/mol. The minimum absolute atomic E-state index is 1.13. The number of fused-ring (bicyclic) bond motifs is 9. The minimum atomic E-state index is -3.02. The van der Waals surface area contributed by atoms with E-state index in [2.05, 4.69) is 262 Å². The van der Waals surface area contributed by atoms with Crippen LogP contribution in [0.25, 0.3) is 82.5 Å². The number of para-hydroxylation sites is 4. The lowest BCUT2D eigenvalue weighted by molar-refractivity contribution is 1.16. The molecule has 300 valence electrons. The normalized spacial score (nSPS) is 12.1. The van der Waals surface area contributed by atoms with E-state index in [4.69, 9.17) is 0 Å². The van der Waals surface area contributed by atoms with Crippen LogP contribution in [0.2, 0.25) is 0 Å². The van der Waals surface area contributed by atoms with Crippen LogP contribution in [0.4, 0.5) is 0 Å². The van der Waals surface area contributed by atoms with Gasteiger partial charge in [0.25, 0.3) is 0 Å². The van der Waals surface area contributed by atoms with E-state index < -0.39 is 8.07 Å². The molecule has 0 saturated carbocycles. The second-order valence-corrected chi connectivity index (χ2v) is 20.6. The Labute approximate surface area is 372 Å². The van der Waals surface area contributed by atoms with Crippen LogP contribution in [-0.4, -0.2) is 21.8 Å². The van der Waals surface area contributed by atoms with Gasteiger partial charge in [-0.3, -0.25) is 0 Å². The van der Waals surface area contributed by atoms with Crippen molar-refractivity contribution >= 4 is 94.2 Å². The highest BCUT2D eigenvalue weighted by Gasteiger charge is 2.43. The van der Waals surface area contributed by atoms with Gasteiger partial charge in [0.15, 0.2) is 8.07 Å². The predicted molar refractivity (Wildman–Crippen MR) is 273 cm³/mol. The van der Waals surface area contributed by atoms with E-state index in [9.17, 15) is 0 Å². The largest absolute Gasteiger partial charge is 0.309 e. The van der Waals surface area contributed by atoms with Crippen molar-refractivity contribution < 1.29 is 0 Å².